The number of rotatable bonds is 9. The molecule has 0 aliphatic rings. The van der Waals surface area contributed by atoms with Crippen LogP contribution < -0.4 is 10.6 Å². The molecule has 0 aliphatic heterocycles. The Kier molecular flexibility index (Phi) is 8.66. The fraction of sp³-hybridized carbons (Fsp3) is 0.273. The molecule has 32 heavy (non-hydrogen) atoms. The quantitative estimate of drug-likeness (QED) is 0.351. The lowest BCUT2D eigenvalue weighted by atomic mass is 10.2. The van der Waals surface area contributed by atoms with Crippen LogP contribution in [-0.4, -0.2) is 45.7 Å². The highest BCUT2D eigenvalue weighted by Crippen LogP contribution is 2.31. The third-order valence-electron chi connectivity index (χ3n) is 4.48. The number of ether oxygens (including phenoxy) is 1. The number of hydrogen-bond donors (Lipinski definition) is 2. The molecule has 1 unspecified atom stereocenters. The highest BCUT2D eigenvalue weighted by Gasteiger charge is 2.23. The van der Waals surface area contributed by atoms with Crippen molar-refractivity contribution in [2.45, 2.75) is 30.3 Å². The normalized spacial score (nSPS) is 11.7. The standard InChI is InChI=1S/C22H24ClN5O3S/c1-15(20(29)25-21(30)24-16-9-4-3-5-10-16)32-22-27-26-19(28(22)13-8-14-31-2)17-11-6-7-12-18(17)23/h3-7,9-12,15H,8,13-14H2,1-2H3,(H2,24,25,29,30). The Morgan fingerprint density at radius 1 is 1.12 bits per heavy atom. The monoisotopic (exact) mass is 473 g/mol. The van der Waals surface area contributed by atoms with Crippen LogP contribution in [0, 0.1) is 0 Å². The third-order valence-corrected chi connectivity index (χ3v) is 5.89. The van der Waals surface area contributed by atoms with Gasteiger partial charge in [-0.2, -0.15) is 0 Å². The third kappa shape index (κ3) is 6.32. The molecule has 3 rings (SSSR count). The summed E-state index contributed by atoms with van der Waals surface area (Å²) in [6.45, 7) is 2.87. The van der Waals surface area contributed by atoms with Crippen molar-refractivity contribution in [1.29, 1.82) is 0 Å². The molecular formula is C22H24ClN5O3S. The Morgan fingerprint density at radius 3 is 2.56 bits per heavy atom. The van der Waals surface area contributed by atoms with Gasteiger partial charge in [0, 0.05) is 31.5 Å². The smallest absolute Gasteiger partial charge is 0.325 e. The Labute approximate surface area is 195 Å². The number of hydrogen-bond acceptors (Lipinski definition) is 6. The highest BCUT2D eigenvalue weighted by atomic mass is 35.5. The largest absolute Gasteiger partial charge is 0.385 e. The van der Waals surface area contributed by atoms with Crippen LogP contribution in [0.1, 0.15) is 13.3 Å². The molecule has 168 valence electrons. The number of imide groups is 1. The number of carbonyl (C=O) groups is 2. The van der Waals surface area contributed by atoms with Crippen LogP contribution >= 0.6 is 23.4 Å². The number of methoxy groups -OCH3 is 1. The molecule has 0 bridgehead atoms. The Morgan fingerprint density at radius 2 is 1.84 bits per heavy atom. The van der Waals surface area contributed by atoms with E-state index >= 15 is 0 Å². The summed E-state index contributed by atoms with van der Waals surface area (Å²) in [5, 5.41) is 14.1. The van der Waals surface area contributed by atoms with Gasteiger partial charge >= 0.3 is 6.03 Å². The van der Waals surface area contributed by atoms with E-state index in [9.17, 15) is 9.59 Å². The van der Waals surface area contributed by atoms with E-state index in [1.54, 1.807) is 44.4 Å². The highest BCUT2D eigenvalue weighted by molar-refractivity contribution is 8.00. The zero-order chi connectivity index (χ0) is 22.9. The first-order chi connectivity index (χ1) is 15.5. The van der Waals surface area contributed by atoms with Crippen LogP contribution in [0.4, 0.5) is 10.5 Å². The summed E-state index contributed by atoms with van der Waals surface area (Å²) in [6.07, 6.45) is 0.736. The molecule has 0 spiro atoms. The lowest BCUT2D eigenvalue weighted by Crippen LogP contribution is -2.39. The topological polar surface area (TPSA) is 98.1 Å². The van der Waals surface area contributed by atoms with E-state index in [-0.39, 0.29) is 0 Å². The summed E-state index contributed by atoms with van der Waals surface area (Å²) >= 11 is 7.58. The fourth-order valence-corrected chi connectivity index (χ4v) is 3.99. The van der Waals surface area contributed by atoms with Gasteiger partial charge in [-0.15, -0.1) is 10.2 Å². The van der Waals surface area contributed by atoms with Gasteiger partial charge in [0.15, 0.2) is 11.0 Å². The van der Waals surface area contributed by atoms with E-state index in [0.717, 1.165) is 12.0 Å². The number of nitrogens with one attached hydrogen (secondary N) is 2. The van der Waals surface area contributed by atoms with E-state index < -0.39 is 17.2 Å². The summed E-state index contributed by atoms with van der Waals surface area (Å²) in [6, 6.07) is 15.7. The number of anilines is 1. The maximum Gasteiger partial charge on any atom is 0.325 e. The van der Waals surface area contributed by atoms with E-state index in [0.29, 0.717) is 34.8 Å². The number of halogens is 1. The molecule has 2 aromatic carbocycles. The fourth-order valence-electron chi connectivity index (χ4n) is 2.90. The number of para-hydroxylation sites is 1. The van der Waals surface area contributed by atoms with Crippen LogP contribution in [0.3, 0.4) is 0 Å². The minimum atomic E-state index is -0.591. The number of carbonyl (C=O) groups excluding carboxylic acids is 2. The van der Waals surface area contributed by atoms with Crippen LogP contribution in [0.25, 0.3) is 11.4 Å². The van der Waals surface area contributed by atoms with Crippen molar-refractivity contribution in [3.8, 4) is 11.4 Å². The minimum absolute atomic E-state index is 0.436. The summed E-state index contributed by atoms with van der Waals surface area (Å²) in [4.78, 5) is 24.7. The predicted molar refractivity (Wildman–Crippen MR) is 126 cm³/mol. The maximum absolute atomic E-state index is 12.6. The zero-order valence-electron chi connectivity index (χ0n) is 17.7. The second-order valence-corrected chi connectivity index (χ2v) is 8.57. The predicted octanol–water partition coefficient (Wildman–Crippen LogP) is 4.46. The number of thioether (sulfide) groups is 1. The molecule has 1 heterocycles. The Balaban J connectivity index is 1.71. The molecule has 0 aliphatic carbocycles. The van der Waals surface area contributed by atoms with Crippen LogP contribution in [0.2, 0.25) is 5.02 Å². The van der Waals surface area contributed by atoms with Gasteiger partial charge in [0.25, 0.3) is 0 Å². The van der Waals surface area contributed by atoms with Crippen LogP contribution in [-0.2, 0) is 16.1 Å². The van der Waals surface area contributed by atoms with E-state index in [1.165, 1.54) is 11.8 Å². The summed E-state index contributed by atoms with van der Waals surface area (Å²) in [5.74, 6) is 0.179. The molecule has 0 radical (unpaired) electrons. The Hall–Kier alpha value is -2.88. The van der Waals surface area contributed by atoms with Gasteiger partial charge in [0.1, 0.15) is 0 Å². The zero-order valence-corrected chi connectivity index (χ0v) is 19.3. The molecule has 10 heteroatoms. The van der Waals surface area contributed by atoms with E-state index in [4.69, 9.17) is 16.3 Å². The van der Waals surface area contributed by atoms with Gasteiger partial charge in [-0.25, -0.2) is 4.79 Å². The second-order valence-electron chi connectivity index (χ2n) is 6.85. The molecule has 3 aromatic rings. The van der Waals surface area contributed by atoms with Crippen molar-refractivity contribution in [3.05, 3.63) is 59.6 Å². The van der Waals surface area contributed by atoms with Crippen molar-refractivity contribution < 1.29 is 14.3 Å². The van der Waals surface area contributed by atoms with E-state index in [2.05, 4.69) is 20.8 Å². The molecular weight excluding hydrogens is 450 g/mol. The summed E-state index contributed by atoms with van der Waals surface area (Å²) in [5.41, 5.74) is 1.35. The average Bonchev–Trinajstić information content (AvgIpc) is 3.17. The summed E-state index contributed by atoms with van der Waals surface area (Å²) in [7, 11) is 1.64. The second kappa shape index (κ2) is 11.7. The molecule has 1 aromatic heterocycles. The van der Waals surface area contributed by atoms with Crippen molar-refractivity contribution in [1.82, 2.24) is 20.1 Å². The van der Waals surface area contributed by atoms with Gasteiger partial charge < -0.3 is 14.6 Å². The lowest BCUT2D eigenvalue weighted by molar-refractivity contribution is -0.119. The van der Waals surface area contributed by atoms with Gasteiger partial charge in [0.05, 0.1) is 10.3 Å². The molecule has 0 fully saturated rings. The summed E-state index contributed by atoms with van der Waals surface area (Å²) < 4.78 is 7.08. The first-order valence-electron chi connectivity index (χ1n) is 10.00. The van der Waals surface area contributed by atoms with Crippen molar-refractivity contribution >= 4 is 41.0 Å². The molecule has 0 saturated heterocycles. The molecule has 0 saturated carbocycles. The number of benzene rings is 2. The van der Waals surface area contributed by atoms with Gasteiger partial charge in [0.2, 0.25) is 5.91 Å². The molecule has 3 amide bonds. The van der Waals surface area contributed by atoms with Gasteiger partial charge in [-0.05, 0) is 37.6 Å². The Bertz CT molecular complexity index is 1060. The number of nitrogens with zero attached hydrogens (tertiary/aromatic N) is 3. The van der Waals surface area contributed by atoms with Gasteiger partial charge in [-0.1, -0.05) is 53.7 Å². The van der Waals surface area contributed by atoms with Crippen LogP contribution in [0.15, 0.2) is 59.8 Å². The van der Waals surface area contributed by atoms with Crippen molar-refractivity contribution in [2.24, 2.45) is 0 Å². The number of urea groups is 1. The first kappa shape index (κ1) is 23.8. The first-order valence-corrected chi connectivity index (χ1v) is 11.3. The lowest BCUT2D eigenvalue weighted by Gasteiger charge is -2.14. The van der Waals surface area contributed by atoms with Crippen LogP contribution in [0.5, 0.6) is 0 Å². The SMILES string of the molecule is COCCCn1c(SC(C)C(=O)NC(=O)Nc2ccccc2)nnc1-c1ccccc1Cl. The molecule has 8 nitrogen and oxygen atoms in total. The average molecular weight is 474 g/mol. The van der Waals surface area contributed by atoms with E-state index in [1.807, 2.05) is 28.8 Å². The maximum atomic E-state index is 12.6. The van der Waals surface area contributed by atoms with Gasteiger partial charge in [-0.3, -0.25) is 10.1 Å². The minimum Gasteiger partial charge on any atom is -0.385 e. The number of amides is 3. The van der Waals surface area contributed by atoms with Crippen molar-refractivity contribution in [3.63, 3.8) is 0 Å². The molecule has 1 atom stereocenters. The number of aromatic nitrogens is 3. The van der Waals surface area contributed by atoms with Crippen molar-refractivity contribution in [2.75, 3.05) is 19.0 Å². The molecule has 2 N–H and O–H groups in total.